The first-order valence-corrected chi connectivity index (χ1v) is 4.36. The number of carbonyl (C=O) groups is 2. The van der Waals surface area contributed by atoms with E-state index in [0.717, 1.165) is 0 Å². The number of morpholine rings is 1. The van der Waals surface area contributed by atoms with Crippen molar-refractivity contribution in [2.24, 2.45) is 0 Å². The molecule has 1 atom stereocenters. The predicted octanol–water partition coefficient (Wildman–Crippen LogP) is -1.60. The number of carbonyl (C=O) groups excluding carboxylic acids is 1. The van der Waals surface area contributed by atoms with E-state index in [1.54, 1.807) is 0 Å². The summed E-state index contributed by atoms with van der Waals surface area (Å²) in [4.78, 5) is 22.9. The Balaban J connectivity index is 2.32. The van der Waals surface area contributed by atoms with E-state index in [0.29, 0.717) is 6.54 Å². The van der Waals surface area contributed by atoms with E-state index >= 15 is 0 Å². The van der Waals surface area contributed by atoms with Gasteiger partial charge in [-0.1, -0.05) is 0 Å². The van der Waals surface area contributed by atoms with Crippen LogP contribution in [0.1, 0.15) is 12.8 Å². The molecule has 0 aromatic heterocycles. The summed E-state index contributed by atoms with van der Waals surface area (Å²) in [5.74, 6) is -1.30. The van der Waals surface area contributed by atoms with Crippen LogP contribution in [0.5, 0.6) is 0 Å². The summed E-state index contributed by atoms with van der Waals surface area (Å²) in [5, 5.41) is 19.2. The molecule has 0 aromatic rings. The Morgan fingerprint density at radius 2 is 2.21 bits per heavy atom. The number of carboxylic acid groups (broad SMARTS) is 1. The minimum absolute atomic E-state index is 0.0124. The summed E-state index contributed by atoms with van der Waals surface area (Å²) in [6.07, 6.45) is -1.44. The molecule has 1 aliphatic heterocycles. The van der Waals surface area contributed by atoms with Crippen LogP contribution in [0.4, 0.5) is 0 Å². The third-order valence-electron chi connectivity index (χ3n) is 1.94. The first-order valence-electron chi connectivity index (χ1n) is 4.36. The van der Waals surface area contributed by atoms with Crippen LogP contribution in [0.3, 0.4) is 0 Å². The van der Waals surface area contributed by atoms with E-state index in [1.165, 1.54) is 4.90 Å². The summed E-state index contributed by atoms with van der Waals surface area (Å²) in [6.45, 7) is 0.614. The molecule has 1 N–H and O–H groups in total. The Morgan fingerprint density at radius 3 is 2.79 bits per heavy atom. The van der Waals surface area contributed by atoms with Gasteiger partial charge in [0, 0.05) is 19.5 Å². The van der Waals surface area contributed by atoms with E-state index in [4.69, 9.17) is 9.84 Å². The van der Waals surface area contributed by atoms with Gasteiger partial charge in [-0.25, -0.2) is 0 Å². The van der Waals surface area contributed by atoms with Crippen molar-refractivity contribution < 1.29 is 24.5 Å². The quantitative estimate of drug-likeness (QED) is 0.595. The van der Waals surface area contributed by atoms with Gasteiger partial charge in [0.25, 0.3) is 0 Å². The monoisotopic (exact) mass is 202 g/mol. The molecule has 80 valence electrons. The number of rotatable bonds is 3. The number of carboxylic acids is 1. The van der Waals surface area contributed by atoms with Gasteiger partial charge in [0.2, 0.25) is 5.91 Å². The third-order valence-corrected chi connectivity index (χ3v) is 1.94. The lowest BCUT2D eigenvalue weighted by molar-refractivity contribution is -0.497. The van der Waals surface area contributed by atoms with Crippen LogP contribution in [0.2, 0.25) is 0 Å². The number of hydrogen-bond donors (Lipinski definition) is 1. The van der Waals surface area contributed by atoms with Crippen molar-refractivity contribution in [3.8, 4) is 0 Å². The first kappa shape index (κ1) is 10.9. The van der Waals surface area contributed by atoms with Gasteiger partial charge in [-0.15, -0.1) is 0 Å². The third kappa shape index (κ3) is 3.31. The Morgan fingerprint density at radius 1 is 1.50 bits per heavy atom. The lowest BCUT2D eigenvalue weighted by Gasteiger charge is -2.36. The van der Waals surface area contributed by atoms with Crippen LogP contribution in [-0.4, -0.2) is 47.9 Å². The van der Waals surface area contributed by atoms with Gasteiger partial charge in [-0.05, 0) is 6.29 Å². The van der Waals surface area contributed by atoms with Crippen LogP contribution < -0.4 is 5.11 Å². The van der Waals surface area contributed by atoms with Crippen LogP contribution in [0.15, 0.2) is 0 Å². The number of aliphatic carboxylic acids is 1. The maximum Gasteiger partial charge on any atom is 0.303 e. The van der Waals surface area contributed by atoms with E-state index < -0.39 is 12.3 Å². The van der Waals surface area contributed by atoms with Crippen molar-refractivity contribution in [1.82, 2.24) is 4.90 Å². The smallest absolute Gasteiger partial charge is 0.303 e. The first-order chi connectivity index (χ1) is 6.59. The molecule has 0 spiro atoms. The van der Waals surface area contributed by atoms with E-state index in [2.05, 4.69) is 0 Å². The lowest BCUT2D eigenvalue weighted by atomic mass is 10.2. The Bertz CT molecular complexity index is 230. The van der Waals surface area contributed by atoms with Crippen LogP contribution in [0, 0.1) is 0 Å². The zero-order valence-electron chi connectivity index (χ0n) is 7.64. The van der Waals surface area contributed by atoms with Crippen molar-refractivity contribution in [3.63, 3.8) is 0 Å². The lowest BCUT2D eigenvalue weighted by Crippen LogP contribution is -2.50. The predicted molar refractivity (Wildman–Crippen MR) is 43.2 cm³/mol. The molecule has 1 heterocycles. The fraction of sp³-hybridized carbons (Fsp3) is 0.750. The summed E-state index contributed by atoms with van der Waals surface area (Å²) in [6, 6.07) is 0. The molecule has 14 heavy (non-hydrogen) atoms. The molecular formula is C8H12NO5-. The topological polar surface area (TPSA) is 89.9 Å². The van der Waals surface area contributed by atoms with Crippen molar-refractivity contribution in [2.75, 3.05) is 19.7 Å². The van der Waals surface area contributed by atoms with E-state index in [1.807, 2.05) is 0 Å². The van der Waals surface area contributed by atoms with E-state index in [9.17, 15) is 14.7 Å². The van der Waals surface area contributed by atoms with Gasteiger partial charge < -0.3 is 19.8 Å². The molecule has 6 heteroatoms. The molecule has 1 fully saturated rings. The number of ether oxygens (including phenoxy) is 1. The van der Waals surface area contributed by atoms with Crippen LogP contribution in [0.25, 0.3) is 0 Å². The Kier molecular flexibility index (Phi) is 3.84. The minimum atomic E-state index is -1.20. The molecule has 1 aliphatic rings. The van der Waals surface area contributed by atoms with Crippen molar-refractivity contribution in [3.05, 3.63) is 0 Å². The fourth-order valence-electron chi connectivity index (χ4n) is 1.22. The largest absolute Gasteiger partial charge is 0.830 e. The fourth-order valence-corrected chi connectivity index (χ4v) is 1.22. The Labute approximate surface area is 81.1 Å². The van der Waals surface area contributed by atoms with Crippen molar-refractivity contribution in [2.45, 2.75) is 19.1 Å². The average Bonchev–Trinajstić information content (AvgIpc) is 2.14. The maximum atomic E-state index is 11.3. The SMILES string of the molecule is O=C(O)CCC(=O)N1CCO[C@@H]([O-])C1. The van der Waals surface area contributed by atoms with Gasteiger partial charge in [-0.3, -0.25) is 9.59 Å². The molecular weight excluding hydrogens is 190 g/mol. The molecule has 0 radical (unpaired) electrons. The molecule has 1 saturated heterocycles. The number of amides is 1. The second-order valence-electron chi connectivity index (χ2n) is 3.03. The molecule has 6 nitrogen and oxygen atoms in total. The highest BCUT2D eigenvalue weighted by molar-refractivity contribution is 5.80. The molecule has 0 saturated carbocycles. The van der Waals surface area contributed by atoms with Crippen molar-refractivity contribution in [1.29, 1.82) is 0 Å². The maximum absolute atomic E-state index is 11.3. The van der Waals surface area contributed by atoms with Crippen molar-refractivity contribution >= 4 is 11.9 Å². The van der Waals surface area contributed by atoms with Gasteiger partial charge >= 0.3 is 5.97 Å². The minimum Gasteiger partial charge on any atom is -0.830 e. The highest BCUT2D eigenvalue weighted by Crippen LogP contribution is 2.04. The van der Waals surface area contributed by atoms with E-state index in [-0.39, 0.29) is 31.9 Å². The molecule has 1 amide bonds. The zero-order chi connectivity index (χ0) is 10.6. The molecule has 0 aromatic carbocycles. The molecule has 0 aliphatic carbocycles. The summed E-state index contributed by atoms with van der Waals surface area (Å²) < 4.78 is 4.72. The summed E-state index contributed by atoms with van der Waals surface area (Å²) in [5.41, 5.74) is 0. The van der Waals surface area contributed by atoms with Crippen LogP contribution >= 0.6 is 0 Å². The highest BCUT2D eigenvalue weighted by atomic mass is 16.6. The zero-order valence-corrected chi connectivity index (χ0v) is 7.64. The molecule has 0 bridgehead atoms. The van der Waals surface area contributed by atoms with Gasteiger partial charge in [-0.2, -0.15) is 0 Å². The highest BCUT2D eigenvalue weighted by Gasteiger charge is 2.18. The number of nitrogens with zero attached hydrogens (tertiary/aromatic N) is 1. The summed E-state index contributed by atoms with van der Waals surface area (Å²) in [7, 11) is 0. The molecule has 0 unspecified atom stereocenters. The second kappa shape index (κ2) is 4.92. The average molecular weight is 202 g/mol. The van der Waals surface area contributed by atoms with Gasteiger partial charge in [0.15, 0.2) is 0 Å². The second-order valence-corrected chi connectivity index (χ2v) is 3.03. The number of hydrogen-bond acceptors (Lipinski definition) is 4. The standard InChI is InChI=1S/C8H12NO5/c10-6(1-2-7(11)12)9-3-4-14-8(13)5-9/h8H,1-5H2,(H,11,12)/q-1/t8-/m1/s1. The van der Waals surface area contributed by atoms with Crippen LogP contribution in [-0.2, 0) is 14.3 Å². The normalized spacial score (nSPS) is 22.1. The van der Waals surface area contributed by atoms with Gasteiger partial charge in [0.1, 0.15) is 0 Å². The van der Waals surface area contributed by atoms with Gasteiger partial charge in [0.05, 0.1) is 13.0 Å². The summed E-state index contributed by atoms with van der Waals surface area (Å²) >= 11 is 0. The molecule has 1 rings (SSSR count). The Hall–Kier alpha value is -1.14.